The van der Waals surface area contributed by atoms with Crippen LogP contribution in [0.25, 0.3) is 5.65 Å². The number of benzene rings is 1. The van der Waals surface area contributed by atoms with Crippen LogP contribution in [0, 0.1) is 0 Å². The summed E-state index contributed by atoms with van der Waals surface area (Å²) in [6, 6.07) is 9.34. The molecule has 2 aromatic heterocycles. The zero-order valence-corrected chi connectivity index (χ0v) is 12.3. The van der Waals surface area contributed by atoms with Crippen molar-refractivity contribution >= 4 is 5.65 Å². The highest BCUT2D eigenvalue weighted by Gasteiger charge is 2.03. The van der Waals surface area contributed by atoms with Crippen molar-refractivity contribution in [3.05, 3.63) is 59.4 Å². The zero-order chi connectivity index (χ0) is 15.4. The number of rotatable bonds is 6. The summed E-state index contributed by atoms with van der Waals surface area (Å²) >= 11 is 0. The third kappa shape index (κ3) is 2.95. The summed E-state index contributed by atoms with van der Waals surface area (Å²) in [6.07, 6.45) is 5.07. The van der Waals surface area contributed by atoms with Gasteiger partial charge in [0.25, 0.3) is 0 Å². The first kappa shape index (κ1) is 14.2. The van der Waals surface area contributed by atoms with Crippen molar-refractivity contribution in [3.63, 3.8) is 0 Å². The summed E-state index contributed by atoms with van der Waals surface area (Å²) < 4.78 is 14.6. The molecule has 2 heterocycles. The van der Waals surface area contributed by atoms with Gasteiger partial charge in [0.05, 0.1) is 13.2 Å². The number of hydrogen-bond acceptors (Lipinski definition) is 4. The lowest BCUT2D eigenvalue weighted by atomic mass is 10.3. The SMILES string of the molecule is CCOc1ccc(OCCn2ccn3c(=O)nccc23)cc1. The molecule has 0 atom stereocenters. The molecule has 0 saturated carbocycles. The molecular formula is C16H17N3O3. The monoisotopic (exact) mass is 299 g/mol. The average molecular weight is 299 g/mol. The molecule has 114 valence electrons. The lowest BCUT2D eigenvalue weighted by molar-refractivity contribution is 0.298. The number of ether oxygens (including phenoxy) is 2. The van der Waals surface area contributed by atoms with E-state index in [1.165, 1.54) is 10.6 Å². The summed E-state index contributed by atoms with van der Waals surface area (Å²) in [7, 11) is 0. The summed E-state index contributed by atoms with van der Waals surface area (Å²) in [6.45, 7) is 3.75. The van der Waals surface area contributed by atoms with Gasteiger partial charge in [-0.25, -0.2) is 9.78 Å². The van der Waals surface area contributed by atoms with Gasteiger partial charge in [-0.3, -0.25) is 4.40 Å². The van der Waals surface area contributed by atoms with Crippen LogP contribution in [0.4, 0.5) is 0 Å². The van der Waals surface area contributed by atoms with E-state index in [-0.39, 0.29) is 5.69 Å². The van der Waals surface area contributed by atoms with Gasteiger partial charge in [0.15, 0.2) is 0 Å². The molecule has 1 aromatic carbocycles. The highest BCUT2D eigenvalue weighted by atomic mass is 16.5. The van der Waals surface area contributed by atoms with Crippen LogP contribution in [-0.2, 0) is 6.54 Å². The Morgan fingerprint density at radius 1 is 1.05 bits per heavy atom. The highest BCUT2D eigenvalue weighted by Crippen LogP contribution is 2.17. The number of nitrogens with zero attached hydrogens (tertiary/aromatic N) is 3. The second kappa shape index (κ2) is 6.34. The first-order chi connectivity index (χ1) is 10.8. The highest BCUT2D eigenvalue weighted by molar-refractivity contribution is 5.37. The summed E-state index contributed by atoms with van der Waals surface area (Å²) in [5, 5.41) is 0. The van der Waals surface area contributed by atoms with Crippen molar-refractivity contribution in [2.75, 3.05) is 13.2 Å². The number of imidazole rings is 1. The van der Waals surface area contributed by atoms with Crippen LogP contribution in [-0.4, -0.2) is 27.2 Å². The fraction of sp³-hybridized carbons (Fsp3) is 0.250. The molecule has 0 spiro atoms. The Hall–Kier alpha value is -2.76. The fourth-order valence-electron chi connectivity index (χ4n) is 2.26. The predicted molar refractivity (Wildman–Crippen MR) is 82.6 cm³/mol. The maximum atomic E-state index is 11.6. The molecule has 6 nitrogen and oxygen atoms in total. The van der Waals surface area contributed by atoms with Crippen LogP contribution in [0.2, 0.25) is 0 Å². The van der Waals surface area contributed by atoms with Crippen molar-refractivity contribution in [2.45, 2.75) is 13.5 Å². The third-order valence-electron chi connectivity index (χ3n) is 3.29. The number of fused-ring (bicyclic) bond motifs is 1. The van der Waals surface area contributed by atoms with E-state index in [1.807, 2.05) is 42.0 Å². The van der Waals surface area contributed by atoms with E-state index in [0.29, 0.717) is 19.8 Å². The molecule has 0 fully saturated rings. The molecule has 0 amide bonds. The van der Waals surface area contributed by atoms with Gasteiger partial charge in [0, 0.05) is 18.6 Å². The van der Waals surface area contributed by atoms with Crippen molar-refractivity contribution in [3.8, 4) is 11.5 Å². The Morgan fingerprint density at radius 3 is 2.50 bits per heavy atom. The molecule has 3 rings (SSSR count). The van der Waals surface area contributed by atoms with Gasteiger partial charge in [-0.2, -0.15) is 0 Å². The van der Waals surface area contributed by atoms with Crippen LogP contribution in [0.15, 0.2) is 53.7 Å². The molecular weight excluding hydrogens is 282 g/mol. The Balaban J connectivity index is 1.62. The average Bonchev–Trinajstić information content (AvgIpc) is 2.94. The smallest absolute Gasteiger partial charge is 0.353 e. The van der Waals surface area contributed by atoms with E-state index in [2.05, 4.69) is 4.98 Å². The van der Waals surface area contributed by atoms with E-state index in [4.69, 9.17) is 9.47 Å². The van der Waals surface area contributed by atoms with Crippen LogP contribution in [0.5, 0.6) is 11.5 Å². The molecule has 0 aliphatic rings. The number of aromatic nitrogens is 3. The molecule has 0 N–H and O–H groups in total. The van der Waals surface area contributed by atoms with Crippen molar-refractivity contribution in [1.29, 1.82) is 0 Å². The summed E-state index contributed by atoms with van der Waals surface area (Å²) in [4.78, 5) is 15.3. The van der Waals surface area contributed by atoms with Gasteiger partial charge in [-0.15, -0.1) is 0 Å². The lowest BCUT2D eigenvalue weighted by Gasteiger charge is -2.09. The van der Waals surface area contributed by atoms with Crippen LogP contribution >= 0.6 is 0 Å². The molecule has 3 aromatic rings. The molecule has 0 aliphatic heterocycles. The van der Waals surface area contributed by atoms with E-state index >= 15 is 0 Å². The van der Waals surface area contributed by atoms with Gasteiger partial charge in [-0.1, -0.05) is 0 Å². The minimum atomic E-state index is -0.274. The fourth-order valence-corrected chi connectivity index (χ4v) is 2.26. The Labute approximate surface area is 127 Å². The van der Waals surface area contributed by atoms with Gasteiger partial charge < -0.3 is 14.0 Å². The normalized spacial score (nSPS) is 10.8. The van der Waals surface area contributed by atoms with E-state index in [1.54, 1.807) is 12.3 Å². The largest absolute Gasteiger partial charge is 0.494 e. The van der Waals surface area contributed by atoms with Crippen molar-refractivity contribution in [1.82, 2.24) is 14.0 Å². The Morgan fingerprint density at radius 2 is 1.77 bits per heavy atom. The predicted octanol–water partition coefficient (Wildman–Crippen LogP) is 1.97. The van der Waals surface area contributed by atoms with E-state index in [9.17, 15) is 4.79 Å². The van der Waals surface area contributed by atoms with Gasteiger partial charge in [0.1, 0.15) is 23.8 Å². The molecule has 0 saturated heterocycles. The molecule has 6 heteroatoms. The maximum Gasteiger partial charge on any atom is 0.353 e. The first-order valence-corrected chi connectivity index (χ1v) is 7.16. The van der Waals surface area contributed by atoms with Crippen molar-refractivity contribution in [2.24, 2.45) is 0 Å². The maximum absolute atomic E-state index is 11.6. The minimum Gasteiger partial charge on any atom is -0.494 e. The lowest BCUT2D eigenvalue weighted by Crippen LogP contribution is -2.15. The molecule has 0 unspecified atom stereocenters. The van der Waals surface area contributed by atoms with E-state index < -0.39 is 0 Å². The van der Waals surface area contributed by atoms with Crippen LogP contribution < -0.4 is 15.2 Å². The number of hydrogen-bond donors (Lipinski definition) is 0. The van der Waals surface area contributed by atoms with Gasteiger partial charge in [-0.05, 0) is 37.3 Å². The van der Waals surface area contributed by atoms with Crippen LogP contribution in [0.3, 0.4) is 0 Å². The van der Waals surface area contributed by atoms with Crippen molar-refractivity contribution < 1.29 is 9.47 Å². The van der Waals surface area contributed by atoms with Gasteiger partial charge >= 0.3 is 5.69 Å². The topological polar surface area (TPSA) is 57.8 Å². The first-order valence-electron chi connectivity index (χ1n) is 7.16. The second-order valence-corrected chi connectivity index (χ2v) is 4.70. The quantitative estimate of drug-likeness (QED) is 0.698. The molecule has 22 heavy (non-hydrogen) atoms. The zero-order valence-electron chi connectivity index (χ0n) is 12.3. The minimum absolute atomic E-state index is 0.274. The van der Waals surface area contributed by atoms with Crippen LogP contribution in [0.1, 0.15) is 6.92 Å². The molecule has 0 radical (unpaired) electrons. The second-order valence-electron chi connectivity index (χ2n) is 4.70. The summed E-state index contributed by atoms with van der Waals surface area (Å²) in [5.74, 6) is 1.62. The Kier molecular flexibility index (Phi) is 4.09. The molecule has 0 bridgehead atoms. The standard InChI is InChI=1S/C16H17N3O3/c1-2-21-13-3-5-14(6-4-13)22-12-11-18-9-10-19-15(18)7-8-17-16(19)20/h3-10H,2,11-12H2,1H3. The van der Waals surface area contributed by atoms with Gasteiger partial charge in [0.2, 0.25) is 0 Å². The summed E-state index contributed by atoms with van der Waals surface area (Å²) in [5.41, 5.74) is 0.527. The molecule has 0 aliphatic carbocycles. The third-order valence-corrected chi connectivity index (χ3v) is 3.29. The van der Waals surface area contributed by atoms with E-state index in [0.717, 1.165) is 17.1 Å². The Bertz CT molecular complexity index is 805.